The van der Waals surface area contributed by atoms with E-state index >= 15 is 0 Å². The summed E-state index contributed by atoms with van der Waals surface area (Å²) in [6.45, 7) is 8.99. The molecule has 9 heteroatoms. The van der Waals surface area contributed by atoms with Gasteiger partial charge in [0.15, 0.2) is 5.16 Å². The number of halogens is 1. The van der Waals surface area contributed by atoms with E-state index in [2.05, 4.69) is 15.6 Å². The molecule has 0 spiro atoms. The zero-order chi connectivity index (χ0) is 20.3. The molecule has 1 aromatic heterocycles. The van der Waals surface area contributed by atoms with Gasteiger partial charge >= 0.3 is 6.03 Å². The van der Waals surface area contributed by atoms with E-state index in [1.165, 1.54) is 0 Å². The molecule has 2 rings (SSSR count). The number of rotatable bonds is 5. The van der Waals surface area contributed by atoms with Crippen LogP contribution in [-0.2, 0) is 4.79 Å². The lowest BCUT2D eigenvalue weighted by Crippen LogP contribution is -2.45. The molecular weight excluding hydrogens is 388 g/mol. The van der Waals surface area contributed by atoms with Crippen molar-refractivity contribution >= 4 is 46.2 Å². The Hall–Kier alpha value is -2.06. The fourth-order valence-corrected chi connectivity index (χ4v) is 3.62. The van der Waals surface area contributed by atoms with E-state index in [-0.39, 0.29) is 17.6 Å². The molecule has 0 aliphatic heterocycles. The molecule has 0 saturated carbocycles. The van der Waals surface area contributed by atoms with Gasteiger partial charge in [-0.2, -0.15) is 0 Å². The average molecular weight is 411 g/mol. The number of aromatic nitrogens is 2. The summed E-state index contributed by atoms with van der Waals surface area (Å²) in [5, 5.41) is 5.60. The Morgan fingerprint density at radius 3 is 2.44 bits per heavy atom. The standard InChI is InChI=1S/C18H23ClN4O3S/c1-9(2)20-17(26)22-15(24)11(5)27-18-21-14-8-12(19)6-7-13(14)16(25)23(18)10(3)4/h6-11H,1-5H3,(H2,20,22,24,26)/t11-/m0/s1. The monoisotopic (exact) mass is 410 g/mol. The molecule has 0 saturated heterocycles. The summed E-state index contributed by atoms with van der Waals surface area (Å²) in [6, 6.07) is 4.13. The van der Waals surface area contributed by atoms with Gasteiger partial charge in [-0.3, -0.25) is 19.5 Å². The molecule has 7 nitrogen and oxygen atoms in total. The van der Waals surface area contributed by atoms with Crippen LogP contribution in [-0.4, -0.2) is 32.8 Å². The van der Waals surface area contributed by atoms with E-state index in [0.717, 1.165) is 11.8 Å². The second-order valence-electron chi connectivity index (χ2n) is 6.70. The molecule has 2 aromatic rings. The first-order valence-electron chi connectivity index (χ1n) is 8.60. The van der Waals surface area contributed by atoms with Crippen LogP contribution in [0.25, 0.3) is 10.9 Å². The first kappa shape index (κ1) is 21.2. The number of carbonyl (C=O) groups is 2. The van der Waals surface area contributed by atoms with Crippen LogP contribution >= 0.6 is 23.4 Å². The molecule has 0 aliphatic rings. The highest BCUT2D eigenvalue weighted by atomic mass is 35.5. The van der Waals surface area contributed by atoms with E-state index in [1.54, 1.807) is 43.5 Å². The van der Waals surface area contributed by atoms with Crippen LogP contribution in [0.4, 0.5) is 4.79 Å². The van der Waals surface area contributed by atoms with Gasteiger partial charge in [0.25, 0.3) is 5.56 Å². The number of amides is 3. The quantitative estimate of drug-likeness (QED) is 0.582. The Bertz CT molecular complexity index is 927. The minimum Gasteiger partial charge on any atom is -0.336 e. The molecule has 3 amide bonds. The molecule has 0 unspecified atom stereocenters. The van der Waals surface area contributed by atoms with Crippen molar-refractivity contribution in [3.05, 3.63) is 33.6 Å². The van der Waals surface area contributed by atoms with Crippen molar-refractivity contribution < 1.29 is 9.59 Å². The Morgan fingerprint density at radius 2 is 1.85 bits per heavy atom. The van der Waals surface area contributed by atoms with Crippen LogP contribution in [0.1, 0.15) is 40.7 Å². The predicted octanol–water partition coefficient (Wildman–Crippen LogP) is 3.35. The average Bonchev–Trinajstić information content (AvgIpc) is 2.53. The number of fused-ring (bicyclic) bond motifs is 1. The Labute approximate surface area is 166 Å². The minimum atomic E-state index is -0.628. The molecule has 0 aliphatic carbocycles. The molecule has 146 valence electrons. The maximum atomic E-state index is 12.9. The van der Waals surface area contributed by atoms with Crippen LogP contribution in [0, 0.1) is 0 Å². The number of benzene rings is 1. The number of carbonyl (C=O) groups excluding carboxylic acids is 2. The first-order chi connectivity index (χ1) is 12.6. The molecule has 27 heavy (non-hydrogen) atoms. The third kappa shape index (κ3) is 5.23. The number of urea groups is 1. The van der Waals surface area contributed by atoms with Crippen molar-refractivity contribution in [3.8, 4) is 0 Å². The molecule has 0 fully saturated rings. The second kappa shape index (κ2) is 8.75. The molecule has 1 heterocycles. The fraction of sp³-hybridized carbons (Fsp3) is 0.444. The lowest BCUT2D eigenvalue weighted by atomic mass is 10.2. The van der Waals surface area contributed by atoms with Gasteiger partial charge in [0.1, 0.15) is 0 Å². The Morgan fingerprint density at radius 1 is 1.19 bits per heavy atom. The van der Waals surface area contributed by atoms with E-state index in [4.69, 9.17) is 11.6 Å². The Balaban J connectivity index is 2.34. The van der Waals surface area contributed by atoms with Gasteiger partial charge in [-0.25, -0.2) is 9.78 Å². The van der Waals surface area contributed by atoms with Crippen molar-refractivity contribution in [1.82, 2.24) is 20.2 Å². The van der Waals surface area contributed by atoms with Crippen LogP contribution in [0.5, 0.6) is 0 Å². The van der Waals surface area contributed by atoms with E-state index in [1.807, 2.05) is 13.8 Å². The Kier molecular flexibility index (Phi) is 6.89. The fourth-order valence-electron chi connectivity index (χ4n) is 2.41. The summed E-state index contributed by atoms with van der Waals surface area (Å²) in [4.78, 5) is 41.4. The highest BCUT2D eigenvalue weighted by Crippen LogP contribution is 2.25. The highest BCUT2D eigenvalue weighted by Gasteiger charge is 2.22. The van der Waals surface area contributed by atoms with Crippen LogP contribution in [0.3, 0.4) is 0 Å². The highest BCUT2D eigenvalue weighted by molar-refractivity contribution is 8.00. The SMILES string of the molecule is CC(C)NC(=O)NC(=O)[C@H](C)Sc1nc2cc(Cl)ccc2c(=O)n1C(C)C. The lowest BCUT2D eigenvalue weighted by molar-refractivity contribution is -0.119. The van der Waals surface area contributed by atoms with Crippen molar-refractivity contribution in [2.75, 3.05) is 0 Å². The number of nitrogens with zero attached hydrogens (tertiary/aromatic N) is 2. The van der Waals surface area contributed by atoms with Crippen molar-refractivity contribution in [3.63, 3.8) is 0 Å². The maximum Gasteiger partial charge on any atom is 0.321 e. The van der Waals surface area contributed by atoms with E-state index in [9.17, 15) is 14.4 Å². The second-order valence-corrected chi connectivity index (χ2v) is 8.45. The molecule has 0 bridgehead atoms. The van der Waals surface area contributed by atoms with Gasteiger partial charge in [-0.05, 0) is 52.8 Å². The molecular formula is C18H23ClN4O3S. The summed E-state index contributed by atoms with van der Waals surface area (Å²) in [5.74, 6) is -0.464. The minimum absolute atomic E-state index is 0.0845. The number of thioether (sulfide) groups is 1. The number of hydrogen-bond donors (Lipinski definition) is 2. The zero-order valence-electron chi connectivity index (χ0n) is 15.9. The number of hydrogen-bond acceptors (Lipinski definition) is 5. The van der Waals surface area contributed by atoms with Gasteiger partial charge in [-0.15, -0.1) is 0 Å². The number of nitrogens with one attached hydrogen (secondary N) is 2. The van der Waals surface area contributed by atoms with Crippen LogP contribution in [0.2, 0.25) is 5.02 Å². The van der Waals surface area contributed by atoms with Crippen molar-refractivity contribution in [1.29, 1.82) is 0 Å². The lowest BCUT2D eigenvalue weighted by Gasteiger charge is -2.18. The summed E-state index contributed by atoms with van der Waals surface area (Å²) in [5.41, 5.74) is 0.274. The van der Waals surface area contributed by atoms with Gasteiger partial charge in [-0.1, -0.05) is 23.4 Å². The third-order valence-electron chi connectivity index (χ3n) is 3.66. The summed E-state index contributed by atoms with van der Waals surface area (Å²) < 4.78 is 1.54. The van der Waals surface area contributed by atoms with E-state index < -0.39 is 17.2 Å². The third-order valence-corrected chi connectivity index (χ3v) is 4.96. The number of imide groups is 1. The van der Waals surface area contributed by atoms with Gasteiger partial charge in [0, 0.05) is 17.1 Å². The van der Waals surface area contributed by atoms with Gasteiger partial charge in [0.05, 0.1) is 16.2 Å². The molecule has 1 atom stereocenters. The summed E-state index contributed by atoms with van der Waals surface area (Å²) >= 11 is 7.14. The molecule has 1 aromatic carbocycles. The maximum absolute atomic E-state index is 12.9. The van der Waals surface area contributed by atoms with Crippen LogP contribution in [0.15, 0.2) is 28.2 Å². The first-order valence-corrected chi connectivity index (χ1v) is 9.85. The zero-order valence-corrected chi connectivity index (χ0v) is 17.4. The summed E-state index contributed by atoms with van der Waals surface area (Å²) in [6.07, 6.45) is 0. The normalized spacial score (nSPS) is 12.4. The van der Waals surface area contributed by atoms with Gasteiger partial charge in [0.2, 0.25) is 5.91 Å². The molecule has 0 radical (unpaired) electrons. The predicted molar refractivity (Wildman–Crippen MR) is 109 cm³/mol. The molecule has 2 N–H and O–H groups in total. The van der Waals surface area contributed by atoms with Gasteiger partial charge < -0.3 is 5.32 Å². The largest absolute Gasteiger partial charge is 0.336 e. The van der Waals surface area contributed by atoms with E-state index in [0.29, 0.717) is 21.1 Å². The van der Waals surface area contributed by atoms with Crippen LogP contribution < -0.4 is 16.2 Å². The van der Waals surface area contributed by atoms with Crippen molar-refractivity contribution in [2.45, 2.75) is 57.1 Å². The topological polar surface area (TPSA) is 93.1 Å². The van der Waals surface area contributed by atoms with Crippen molar-refractivity contribution in [2.24, 2.45) is 0 Å². The smallest absolute Gasteiger partial charge is 0.321 e. The summed E-state index contributed by atoms with van der Waals surface area (Å²) in [7, 11) is 0.